The Bertz CT molecular complexity index is 351. The fourth-order valence-electron chi connectivity index (χ4n) is 1.96. The second-order valence-electron chi connectivity index (χ2n) is 4.52. The van der Waals surface area contributed by atoms with E-state index in [4.69, 9.17) is 0 Å². The number of nitrogens with zero attached hydrogens (tertiary/aromatic N) is 3. The van der Waals surface area contributed by atoms with Crippen LogP contribution in [0.2, 0.25) is 0 Å². The van der Waals surface area contributed by atoms with Crippen molar-refractivity contribution in [3.8, 4) is 0 Å². The molecule has 1 heterocycles. The predicted molar refractivity (Wildman–Crippen MR) is 73.7 cm³/mol. The summed E-state index contributed by atoms with van der Waals surface area (Å²) in [6.07, 6.45) is 3.76. The van der Waals surface area contributed by atoms with Gasteiger partial charge in [-0.15, -0.1) is 0 Å². The lowest BCUT2D eigenvalue weighted by atomic mass is 10.1. The molecule has 0 radical (unpaired) electrons. The second-order valence-corrected chi connectivity index (χ2v) is 4.52. The topological polar surface area (TPSA) is 41.1 Å². The summed E-state index contributed by atoms with van der Waals surface area (Å²) >= 11 is 0. The molecular formula is C13H24N4. The van der Waals surface area contributed by atoms with Crippen LogP contribution in [0.1, 0.15) is 32.8 Å². The van der Waals surface area contributed by atoms with Gasteiger partial charge in [-0.1, -0.05) is 27.2 Å². The Labute approximate surface area is 104 Å². The zero-order valence-corrected chi connectivity index (χ0v) is 11.6. The monoisotopic (exact) mass is 236 g/mol. The molecule has 17 heavy (non-hydrogen) atoms. The molecule has 0 bridgehead atoms. The second kappa shape index (κ2) is 6.42. The lowest BCUT2D eigenvalue weighted by molar-refractivity contribution is 0.556. The van der Waals surface area contributed by atoms with E-state index in [0.29, 0.717) is 5.92 Å². The molecule has 0 fully saturated rings. The largest absolute Gasteiger partial charge is 0.373 e. The first kappa shape index (κ1) is 13.7. The molecule has 96 valence electrons. The van der Waals surface area contributed by atoms with Gasteiger partial charge < -0.3 is 10.2 Å². The fraction of sp³-hybridized carbons (Fsp3) is 0.692. The minimum absolute atomic E-state index is 0.678. The molecule has 0 aromatic carbocycles. The fourth-order valence-corrected chi connectivity index (χ4v) is 1.96. The van der Waals surface area contributed by atoms with Gasteiger partial charge >= 0.3 is 0 Å². The first-order valence-corrected chi connectivity index (χ1v) is 6.36. The van der Waals surface area contributed by atoms with Gasteiger partial charge in [-0.2, -0.15) is 0 Å². The van der Waals surface area contributed by atoms with Crippen molar-refractivity contribution >= 4 is 11.6 Å². The Morgan fingerprint density at radius 3 is 2.59 bits per heavy atom. The molecule has 1 rings (SSSR count). The van der Waals surface area contributed by atoms with Crippen molar-refractivity contribution in [3.05, 3.63) is 11.9 Å². The third-order valence-electron chi connectivity index (χ3n) is 3.16. The van der Waals surface area contributed by atoms with Crippen molar-refractivity contribution in [1.82, 2.24) is 9.97 Å². The van der Waals surface area contributed by atoms with Crippen LogP contribution in [-0.4, -0.2) is 30.6 Å². The van der Waals surface area contributed by atoms with E-state index in [1.54, 1.807) is 6.33 Å². The molecule has 0 saturated heterocycles. The van der Waals surface area contributed by atoms with Crippen molar-refractivity contribution in [3.63, 3.8) is 0 Å². The van der Waals surface area contributed by atoms with Gasteiger partial charge in [0.15, 0.2) is 0 Å². The summed E-state index contributed by atoms with van der Waals surface area (Å²) in [6, 6.07) is 0. The summed E-state index contributed by atoms with van der Waals surface area (Å²) in [4.78, 5) is 10.9. The van der Waals surface area contributed by atoms with Crippen LogP contribution in [0.4, 0.5) is 11.6 Å². The highest BCUT2D eigenvalue weighted by molar-refractivity contribution is 5.58. The lowest BCUT2D eigenvalue weighted by Crippen LogP contribution is -2.26. The SMILES string of the molecule is CCc1c(NC)ncnc1N(C)CC(C)CC. The third-order valence-corrected chi connectivity index (χ3v) is 3.16. The van der Waals surface area contributed by atoms with E-state index in [1.807, 2.05) is 7.05 Å². The standard InChI is InChI=1S/C13H24N4/c1-6-10(3)8-17(5)13-11(7-2)12(14-4)15-9-16-13/h9-10H,6-8H2,1-5H3,(H,14,15,16). The molecular weight excluding hydrogens is 212 g/mol. The van der Waals surface area contributed by atoms with Crippen LogP contribution in [0.25, 0.3) is 0 Å². The van der Waals surface area contributed by atoms with Gasteiger partial charge in [0.25, 0.3) is 0 Å². The van der Waals surface area contributed by atoms with Gasteiger partial charge in [0.05, 0.1) is 0 Å². The highest BCUT2D eigenvalue weighted by atomic mass is 15.2. The van der Waals surface area contributed by atoms with E-state index < -0.39 is 0 Å². The van der Waals surface area contributed by atoms with Gasteiger partial charge in [-0.3, -0.25) is 0 Å². The number of aromatic nitrogens is 2. The quantitative estimate of drug-likeness (QED) is 0.824. The van der Waals surface area contributed by atoms with Crippen LogP contribution in [0, 0.1) is 5.92 Å². The van der Waals surface area contributed by atoms with Crippen LogP contribution < -0.4 is 10.2 Å². The molecule has 1 unspecified atom stereocenters. The smallest absolute Gasteiger partial charge is 0.137 e. The zero-order chi connectivity index (χ0) is 12.8. The van der Waals surface area contributed by atoms with Crippen molar-refractivity contribution in [2.24, 2.45) is 5.92 Å². The van der Waals surface area contributed by atoms with Gasteiger partial charge in [0.1, 0.15) is 18.0 Å². The van der Waals surface area contributed by atoms with Gasteiger partial charge in [-0.05, 0) is 12.3 Å². The maximum atomic E-state index is 4.42. The Hall–Kier alpha value is -1.32. The number of nitrogens with one attached hydrogen (secondary N) is 1. The zero-order valence-electron chi connectivity index (χ0n) is 11.6. The first-order chi connectivity index (χ1) is 8.13. The Morgan fingerprint density at radius 2 is 2.06 bits per heavy atom. The van der Waals surface area contributed by atoms with Crippen LogP contribution in [0.3, 0.4) is 0 Å². The molecule has 1 N–H and O–H groups in total. The molecule has 0 spiro atoms. The molecule has 0 amide bonds. The lowest BCUT2D eigenvalue weighted by Gasteiger charge is -2.24. The first-order valence-electron chi connectivity index (χ1n) is 6.36. The molecule has 4 heteroatoms. The van der Waals surface area contributed by atoms with E-state index in [1.165, 1.54) is 12.0 Å². The van der Waals surface area contributed by atoms with Gasteiger partial charge in [0.2, 0.25) is 0 Å². The average Bonchev–Trinajstić information content (AvgIpc) is 2.37. The van der Waals surface area contributed by atoms with Crippen LogP contribution in [0.5, 0.6) is 0 Å². The summed E-state index contributed by atoms with van der Waals surface area (Å²) < 4.78 is 0. The molecule has 0 aliphatic carbocycles. The third kappa shape index (κ3) is 3.32. The minimum Gasteiger partial charge on any atom is -0.373 e. The Balaban J connectivity index is 2.96. The van der Waals surface area contributed by atoms with E-state index in [-0.39, 0.29) is 0 Å². The molecule has 1 aromatic heterocycles. The van der Waals surface area contributed by atoms with Gasteiger partial charge in [0, 0.05) is 26.2 Å². The maximum absolute atomic E-state index is 4.42. The summed E-state index contributed by atoms with van der Waals surface area (Å²) in [5.74, 6) is 2.67. The number of hydrogen-bond donors (Lipinski definition) is 1. The summed E-state index contributed by atoms with van der Waals surface area (Å²) in [7, 11) is 4.01. The summed E-state index contributed by atoms with van der Waals surface area (Å²) in [6.45, 7) is 7.66. The van der Waals surface area contributed by atoms with Crippen molar-refractivity contribution < 1.29 is 0 Å². The van der Waals surface area contributed by atoms with Crippen molar-refractivity contribution in [2.75, 3.05) is 30.9 Å². The summed E-state index contributed by atoms with van der Waals surface area (Å²) in [5.41, 5.74) is 1.20. The maximum Gasteiger partial charge on any atom is 0.137 e. The number of anilines is 2. The summed E-state index contributed by atoms with van der Waals surface area (Å²) in [5, 5.41) is 3.13. The van der Waals surface area contributed by atoms with E-state index in [9.17, 15) is 0 Å². The normalized spacial score (nSPS) is 12.3. The van der Waals surface area contributed by atoms with Crippen molar-refractivity contribution in [2.45, 2.75) is 33.6 Å². The molecule has 0 saturated carbocycles. The number of rotatable bonds is 6. The van der Waals surface area contributed by atoms with E-state index in [2.05, 4.69) is 48.0 Å². The van der Waals surface area contributed by atoms with E-state index in [0.717, 1.165) is 24.6 Å². The molecule has 1 atom stereocenters. The van der Waals surface area contributed by atoms with Crippen molar-refractivity contribution in [1.29, 1.82) is 0 Å². The molecule has 0 aliphatic rings. The highest BCUT2D eigenvalue weighted by Crippen LogP contribution is 2.23. The van der Waals surface area contributed by atoms with Crippen LogP contribution in [0.15, 0.2) is 6.33 Å². The molecule has 0 aliphatic heterocycles. The highest BCUT2D eigenvalue weighted by Gasteiger charge is 2.13. The number of hydrogen-bond acceptors (Lipinski definition) is 4. The van der Waals surface area contributed by atoms with Crippen LogP contribution in [-0.2, 0) is 6.42 Å². The predicted octanol–water partition coefficient (Wildman–Crippen LogP) is 2.56. The van der Waals surface area contributed by atoms with Crippen LogP contribution >= 0.6 is 0 Å². The van der Waals surface area contributed by atoms with E-state index >= 15 is 0 Å². The Morgan fingerprint density at radius 1 is 1.35 bits per heavy atom. The molecule has 1 aromatic rings. The Kier molecular flexibility index (Phi) is 5.19. The molecule has 4 nitrogen and oxygen atoms in total. The average molecular weight is 236 g/mol. The minimum atomic E-state index is 0.678. The van der Waals surface area contributed by atoms with Gasteiger partial charge in [-0.25, -0.2) is 9.97 Å².